The lowest BCUT2D eigenvalue weighted by Crippen LogP contribution is -2.23. The summed E-state index contributed by atoms with van der Waals surface area (Å²) < 4.78 is 0. The number of carbonyl (C=O) groups is 1. The molecule has 0 unspecified atom stereocenters. The van der Waals surface area contributed by atoms with E-state index in [0.717, 1.165) is 16.5 Å². The Morgan fingerprint density at radius 1 is 1.19 bits per heavy atom. The van der Waals surface area contributed by atoms with Crippen molar-refractivity contribution in [3.63, 3.8) is 0 Å². The molecule has 21 heavy (non-hydrogen) atoms. The lowest BCUT2D eigenvalue weighted by molar-refractivity contribution is 0.0945. The number of aromatic nitrogens is 3. The van der Waals surface area contributed by atoms with Crippen molar-refractivity contribution in [2.45, 2.75) is 6.54 Å². The molecule has 0 aliphatic heterocycles. The number of nitrogens with one attached hydrogen (secondary N) is 1. The summed E-state index contributed by atoms with van der Waals surface area (Å²) in [6.45, 7) is 0.398. The summed E-state index contributed by atoms with van der Waals surface area (Å²) in [7, 11) is 0. The average molecular weight is 279 g/mol. The van der Waals surface area contributed by atoms with Crippen LogP contribution in [0.15, 0.2) is 48.9 Å². The highest BCUT2D eigenvalue weighted by Crippen LogP contribution is 2.15. The van der Waals surface area contributed by atoms with Gasteiger partial charge < -0.3 is 11.1 Å². The van der Waals surface area contributed by atoms with Crippen LogP contribution < -0.4 is 11.1 Å². The number of nitrogens with zero attached hydrogens (tertiary/aromatic N) is 3. The Morgan fingerprint density at radius 2 is 2.05 bits per heavy atom. The Bertz CT molecular complexity index is 788. The predicted octanol–water partition coefficient (Wildman–Crippen LogP) is 1.54. The van der Waals surface area contributed by atoms with Crippen LogP contribution in [-0.4, -0.2) is 20.9 Å². The number of benzene rings is 1. The van der Waals surface area contributed by atoms with Crippen molar-refractivity contribution in [1.29, 1.82) is 0 Å². The van der Waals surface area contributed by atoms with Gasteiger partial charge >= 0.3 is 0 Å². The quantitative estimate of drug-likeness (QED) is 0.758. The lowest BCUT2D eigenvalue weighted by Gasteiger charge is -2.06. The molecular weight excluding hydrogens is 266 g/mol. The number of anilines is 1. The zero-order valence-electron chi connectivity index (χ0n) is 11.2. The number of carbonyl (C=O) groups excluding carboxylic acids is 1. The van der Waals surface area contributed by atoms with E-state index >= 15 is 0 Å². The minimum absolute atomic E-state index is 0.238. The third-order valence-electron chi connectivity index (χ3n) is 3.05. The van der Waals surface area contributed by atoms with Gasteiger partial charge in [-0.05, 0) is 29.8 Å². The fraction of sp³-hybridized carbons (Fsp3) is 0.0667. The standard InChI is InChI=1S/C15H13N5O/c16-14-4-3-11-2-1-10(7-13(11)20-14)8-18-15(21)12-5-6-17-9-19-12/h1-7,9H,8H2,(H2,16,20)(H,18,21). The fourth-order valence-corrected chi connectivity index (χ4v) is 1.99. The molecule has 6 nitrogen and oxygen atoms in total. The Hall–Kier alpha value is -3.02. The van der Waals surface area contributed by atoms with Gasteiger partial charge in [-0.1, -0.05) is 12.1 Å². The van der Waals surface area contributed by atoms with E-state index in [9.17, 15) is 4.79 Å². The van der Waals surface area contributed by atoms with E-state index in [0.29, 0.717) is 18.1 Å². The summed E-state index contributed by atoms with van der Waals surface area (Å²) in [5.74, 6) is 0.239. The van der Waals surface area contributed by atoms with E-state index in [1.807, 2.05) is 24.3 Å². The Labute approximate surface area is 121 Å². The van der Waals surface area contributed by atoms with E-state index in [1.54, 1.807) is 12.1 Å². The Balaban J connectivity index is 1.75. The van der Waals surface area contributed by atoms with E-state index in [1.165, 1.54) is 12.5 Å². The molecule has 3 aromatic rings. The molecule has 2 heterocycles. The molecule has 0 aliphatic rings. The largest absolute Gasteiger partial charge is 0.384 e. The van der Waals surface area contributed by atoms with Crippen LogP contribution in [0, 0.1) is 0 Å². The van der Waals surface area contributed by atoms with Gasteiger partial charge in [0.2, 0.25) is 0 Å². The van der Waals surface area contributed by atoms with Crippen molar-refractivity contribution in [2.24, 2.45) is 0 Å². The van der Waals surface area contributed by atoms with Crippen molar-refractivity contribution >= 4 is 22.6 Å². The molecule has 1 aromatic carbocycles. The highest BCUT2D eigenvalue weighted by atomic mass is 16.1. The highest BCUT2D eigenvalue weighted by molar-refractivity contribution is 5.92. The van der Waals surface area contributed by atoms with Crippen molar-refractivity contribution in [3.8, 4) is 0 Å². The van der Waals surface area contributed by atoms with Crippen LogP contribution in [0.2, 0.25) is 0 Å². The molecule has 0 saturated carbocycles. The van der Waals surface area contributed by atoms with Crippen LogP contribution in [0.1, 0.15) is 16.1 Å². The number of hydrogen-bond acceptors (Lipinski definition) is 5. The number of rotatable bonds is 3. The van der Waals surface area contributed by atoms with Gasteiger partial charge in [0.25, 0.3) is 5.91 Å². The molecule has 0 spiro atoms. The van der Waals surface area contributed by atoms with E-state index in [4.69, 9.17) is 5.73 Å². The smallest absolute Gasteiger partial charge is 0.270 e. The van der Waals surface area contributed by atoms with E-state index < -0.39 is 0 Å². The summed E-state index contributed by atoms with van der Waals surface area (Å²) in [4.78, 5) is 23.8. The predicted molar refractivity (Wildman–Crippen MR) is 79.4 cm³/mol. The first-order valence-electron chi connectivity index (χ1n) is 6.42. The van der Waals surface area contributed by atoms with Crippen molar-refractivity contribution in [3.05, 3.63) is 60.2 Å². The van der Waals surface area contributed by atoms with Crippen LogP contribution in [-0.2, 0) is 6.54 Å². The molecule has 0 saturated heterocycles. The number of amides is 1. The molecule has 3 N–H and O–H groups in total. The number of nitrogen functional groups attached to an aromatic ring is 1. The normalized spacial score (nSPS) is 10.5. The third kappa shape index (κ3) is 2.94. The summed E-state index contributed by atoms with van der Waals surface area (Å²) in [6.07, 6.45) is 2.88. The molecule has 0 atom stereocenters. The highest BCUT2D eigenvalue weighted by Gasteiger charge is 2.06. The van der Waals surface area contributed by atoms with Gasteiger partial charge in [0.1, 0.15) is 17.8 Å². The van der Waals surface area contributed by atoms with Gasteiger partial charge in [-0.2, -0.15) is 0 Å². The summed E-state index contributed by atoms with van der Waals surface area (Å²) >= 11 is 0. The fourth-order valence-electron chi connectivity index (χ4n) is 1.99. The monoisotopic (exact) mass is 279 g/mol. The Kier molecular flexibility index (Phi) is 3.42. The zero-order chi connectivity index (χ0) is 14.7. The molecule has 1 amide bonds. The van der Waals surface area contributed by atoms with E-state index in [2.05, 4.69) is 20.3 Å². The Morgan fingerprint density at radius 3 is 2.86 bits per heavy atom. The number of nitrogens with two attached hydrogens (primary N) is 1. The molecule has 3 rings (SSSR count). The van der Waals surface area contributed by atoms with Gasteiger partial charge in [0.15, 0.2) is 0 Å². The van der Waals surface area contributed by atoms with Crippen LogP contribution in [0.3, 0.4) is 0 Å². The average Bonchev–Trinajstić information content (AvgIpc) is 2.53. The van der Waals surface area contributed by atoms with Crippen molar-refractivity contribution < 1.29 is 4.79 Å². The maximum absolute atomic E-state index is 11.9. The topological polar surface area (TPSA) is 93.8 Å². The maximum Gasteiger partial charge on any atom is 0.270 e. The molecule has 104 valence electrons. The van der Waals surface area contributed by atoms with Gasteiger partial charge in [0, 0.05) is 18.1 Å². The second-order valence-electron chi connectivity index (χ2n) is 4.54. The molecule has 0 bridgehead atoms. The molecule has 0 radical (unpaired) electrons. The van der Waals surface area contributed by atoms with Crippen molar-refractivity contribution in [2.75, 3.05) is 5.73 Å². The number of pyridine rings is 1. The minimum Gasteiger partial charge on any atom is -0.384 e. The number of fused-ring (bicyclic) bond motifs is 1. The van der Waals surface area contributed by atoms with Crippen LogP contribution >= 0.6 is 0 Å². The minimum atomic E-state index is -0.238. The second-order valence-corrected chi connectivity index (χ2v) is 4.54. The lowest BCUT2D eigenvalue weighted by atomic mass is 10.1. The molecular formula is C15H13N5O. The van der Waals surface area contributed by atoms with Gasteiger partial charge in [-0.3, -0.25) is 4.79 Å². The summed E-state index contributed by atoms with van der Waals surface area (Å²) in [6, 6.07) is 11.1. The van der Waals surface area contributed by atoms with Gasteiger partial charge in [0.05, 0.1) is 5.52 Å². The molecule has 6 heteroatoms. The molecule has 2 aromatic heterocycles. The first kappa shape index (κ1) is 13.0. The zero-order valence-corrected chi connectivity index (χ0v) is 11.2. The van der Waals surface area contributed by atoms with Crippen LogP contribution in [0.5, 0.6) is 0 Å². The van der Waals surface area contributed by atoms with Gasteiger partial charge in [-0.25, -0.2) is 15.0 Å². The summed E-state index contributed by atoms with van der Waals surface area (Å²) in [5.41, 5.74) is 7.77. The third-order valence-corrected chi connectivity index (χ3v) is 3.05. The van der Waals surface area contributed by atoms with Gasteiger partial charge in [-0.15, -0.1) is 0 Å². The van der Waals surface area contributed by atoms with Crippen LogP contribution in [0.25, 0.3) is 10.9 Å². The molecule has 0 aliphatic carbocycles. The number of hydrogen-bond donors (Lipinski definition) is 2. The second kappa shape index (κ2) is 5.54. The first-order valence-corrected chi connectivity index (χ1v) is 6.42. The maximum atomic E-state index is 11.9. The molecule has 0 fully saturated rings. The van der Waals surface area contributed by atoms with Crippen molar-refractivity contribution in [1.82, 2.24) is 20.3 Å². The van der Waals surface area contributed by atoms with Crippen LogP contribution in [0.4, 0.5) is 5.82 Å². The van der Waals surface area contributed by atoms with E-state index in [-0.39, 0.29) is 5.91 Å². The SMILES string of the molecule is Nc1ccc2ccc(CNC(=O)c3ccncn3)cc2n1. The first-order chi connectivity index (χ1) is 10.2. The summed E-state index contributed by atoms with van der Waals surface area (Å²) in [5, 5.41) is 3.82.